The summed E-state index contributed by atoms with van der Waals surface area (Å²) in [5.41, 5.74) is 2.25. The molecule has 1 fully saturated rings. The third-order valence-electron chi connectivity index (χ3n) is 5.23. The van der Waals surface area contributed by atoms with Crippen LogP contribution in [0.15, 0.2) is 83.6 Å². The van der Waals surface area contributed by atoms with Gasteiger partial charge in [0.05, 0.1) is 12.1 Å². The molecule has 1 aliphatic rings. The Morgan fingerprint density at radius 1 is 1.00 bits per heavy atom. The van der Waals surface area contributed by atoms with Crippen molar-refractivity contribution in [2.75, 3.05) is 13.1 Å². The topological polar surface area (TPSA) is 81.4 Å². The van der Waals surface area contributed by atoms with Crippen LogP contribution in [0.3, 0.4) is 0 Å². The number of aromatic nitrogens is 3. The van der Waals surface area contributed by atoms with Crippen molar-refractivity contribution in [3.63, 3.8) is 0 Å². The number of amides is 1. The van der Waals surface area contributed by atoms with Crippen LogP contribution in [-0.2, 0) is 0 Å². The lowest BCUT2D eigenvalue weighted by Crippen LogP contribution is -2.31. The predicted octanol–water partition coefficient (Wildman–Crippen LogP) is 4.09. The Morgan fingerprint density at radius 3 is 2.61 bits per heavy atom. The van der Waals surface area contributed by atoms with Crippen LogP contribution in [0.2, 0.25) is 0 Å². The third-order valence-corrected chi connectivity index (χ3v) is 5.23. The number of hydrogen-bond acceptors (Lipinski definition) is 6. The Balaban J connectivity index is 1.32. The van der Waals surface area contributed by atoms with E-state index in [0.29, 0.717) is 36.1 Å². The number of hydrogen-bond donors (Lipinski definition) is 0. The van der Waals surface area contributed by atoms with E-state index in [1.807, 2.05) is 59.5 Å². The molecule has 2 aromatic carbocycles. The van der Waals surface area contributed by atoms with Crippen LogP contribution in [0, 0.1) is 0 Å². The summed E-state index contributed by atoms with van der Waals surface area (Å²) >= 11 is 0. The molecule has 154 valence electrons. The molecule has 1 atom stereocenters. The van der Waals surface area contributed by atoms with Crippen LogP contribution in [0.4, 0.5) is 0 Å². The fourth-order valence-electron chi connectivity index (χ4n) is 3.65. The van der Waals surface area contributed by atoms with Crippen LogP contribution in [0.5, 0.6) is 5.75 Å². The number of ether oxygens (including phenoxy) is 1. The number of para-hydroxylation sites is 1. The second kappa shape index (κ2) is 8.39. The van der Waals surface area contributed by atoms with Crippen molar-refractivity contribution < 1.29 is 14.1 Å². The average molecular weight is 412 g/mol. The first kappa shape index (κ1) is 19.0. The standard InChI is InChI=1S/C24H20N4O3/c29-24(18-10-13-25-14-11-18)28-15-12-19(16-28)30-21-9-5-4-8-20(21)23-26-22(27-31-23)17-6-2-1-3-7-17/h1-11,13-14,19H,12,15-16H2. The first-order valence-corrected chi connectivity index (χ1v) is 10.1. The first-order valence-electron chi connectivity index (χ1n) is 10.1. The van der Waals surface area contributed by atoms with E-state index in [0.717, 1.165) is 17.5 Å². The van der Waals surface area contributed by atoms with Gasteiger partial charge < -0.3 is 14.2 Å². The van der Waals surface area contributed by atoms with Crippen molar-refractivity contribution in [2.45, 2.75) is 12.5 Å². The number of nitrogens with zero attached hydrogens (tertiary/aromatic N) is 4. The first-order chi connectivity index (χ1) is 15.3. The van der Waals surface area contributed by atoms with E-state index in [2.05, 4.69) is 15.1 Å². The summed E-state index contributed by atoms with van der Waals surface area (Å²) < 4.78 is 11.8. The molecule has 31 heavy (non-hydrogen) atoms. The number of likely N-dealkylation sites (tertiary alicyclic amines) is 1. The highest BCUT2D eigenvalue weighted by molar-refractivity contribution is 5.94. The second-order valence-corrected chi connectivity index (χ2v) is 7.30. The maximum Gasteiger partial charge on any atom is 0.262 e. The zero-order chi connectivity index (χ0) is 21.0. The summed E-state index contributed by atoms with van der Waals surface area (Å²) in [4.78, 5) is 23.0. The lowest BCUT2D eigenvalue weighted by molar-refractivity contribution is 0.0772. The molecule has 1 aliphatic heterocycles. The van der Waals surface area contributed by atoms with E-state index in [1.165, 1.54) is 0 Å². The second-order valence-electron chi connectivity index (χ2n) is 7.30. The van der Waals surface area contributed by atoms with E-state index in [9.17, 15) is 4.79 Å². The Morgan fingerprint density at radius 2 is 1.77 bits per heavy atom. The summed E-state index contributed by atoms with van der Waals surface area (Å²) in [6.07, 6.45) is 3.90. The molecule has 7 nitrogen and oxygen atoms in total. The van der Waals surface area contributed by atoms with Crippen molar-refractivity contribution in [1.29, 1.82) is 0 Å². The highest BCUT2D eigenvalue weighted by atomic mass is 16.5. The van der Waals surface area contributed by atoms with Gasteiger partial charge in [0, 0.05) is 36.5 Å². The summed E-state index contributed by atoms with van der Waals surface area (Å²) in [5.74, 6) is 1.58. The number of carbonyl (C=O) groups excluding carboxylic acids is 1. The van der Waals surface area contributed by atoms with Crippen molar-refractivity contribution in [3.8, 4) is 28.6 Å². The molecule has 0 aliphatic carbocycles. The molecular weight excluding hydrogens is 392 g/mol. The smallest absolute Gasteiger partial charge is 0.262 e. The zero-order valence-corrected chi connectivity index (χ0v) is 16.7. The van der Waals surface area contributed by atoms with Gasteiger partial charge in [0.1, 0.15) is 11.9 Å². The van der Waals surface area contributed by atoms with Crippen LogP contribution in [-0.4, -0.2) is 45.1 Å². The van der Waals surface area contributed by atoms with Crippen molar-refractivity contribution in [3.05, 3.63) is 84.7 Å². The fourth-order valence-corrected chi connectivity index (χ4v) is 3.65. The monoisotopic (exact) mass is 412 g/mol. The number of pyridine rings is 1. The summed E-state index contributed by atoms with van der Waals surface area (Å²) in [6, 6.07) is 20.7. The number of benzene rings is 2. The summed E-state index contributed by atoms with van der Waals surface area (Å²) in [7, 11) is 0. The van der Waals surface area contributed by atoms with E-state index in [4.69, 9.17) is 9.26 Å². The Bertz CT molecular complexity index is 1180. The van der Waals surface area contributed by atoms with Crippen LogP contribution in [0.25, 0.3) is 22.8 Å². The maximum absolute atomic E-state index is 12.7. The van der Waals surface area contributed by atoms with Gasteiger partial charge in [-0.1, -0.05) is 47.6 Å². The number of rotatable bonds is 5. The largest absolute Gasteiger partial charge is 0.488 e. The van der Waals surface area contributed by atoms with Crippen LogP contribution in [0.1, 0.15) is 16.8 Å². The molecule has 0 saturated carbocycles. The van der Waals surface area contributed by atoms with Gasteiger partial charge in [-0.25, -0.2) is 0 Å². The maximum atomic E-state index is 12.7. The highest BCUT2D eigenvalue weighted by Gasteiger charge is 2.29. The summed E-state index contributed by atoms with van der Waals surface area (Å²) in [6.45, 7) is 1.17. The van der Waals surface area contributed by atoms with Crippen molar-refractivity contribution >= 4 is 5.91 Å². The van der Waals surface area contributed by atoms with Gasteiger partial charge in [-0.05, 0) is 24.3 Å². The Kier molecular flexibility index (Phi) is 5.14. The zero-order valence-electron chi connectivity index (χ0n) is 16.7. The molecular formula is C24H20N4O3. The van der Waals surface area contributed by atoms with Gasteiger partial charge in [0.15, 0.2) is 0 Å². The highest BCUT2D eigenvalue weighted by Crippen LogP contribution is 2.32. The van der Waals surface area contributed by atoms with E-state index >= 15 is 0 Å². The molecule has 7 heteroatoms. The normalized spacial score (nSPS) is 15.7. The van der Waals surface area contributed by atoms with Gasteiger partial charge >= 0.3 is 0 Å². The van der Waals surface area contributed by atoms with E-state index in [1.54, 1.807) is 24.5 Å². The van der Waals surface area contributed by atoms with Crippen molar-refractivity contribution in [2.24, 2.45) is 0 Å². The van der Waals surface area contributed by atoms with Crippen LogP contribution < -0.4 is 4.74 Å². The molecule has 0 bridgehead atoms. The lowest BCUT2D eigenvalue weighted by atomic mass is 10.2. The van der Waals surface area contributed by atoms with Gasteiger partial charge in [-0.15, -0.1) is 0 Å². The molecule has 2 aromatic heterocycles. The molecule has 4 aromatic rings. The summed E-state index contributed by atoms with van der Waals surface area (Å²) in [5, 5.41) is 4.10. The van der Waals surface area contributed by atoms with Gasteiger partial charge in [-0.3, -0.25) is 9.78 Å². The Hall–Kier alpha value is -4.00. The van der Waals surface area contributed by atoms with Gasteiger partial charge in [0.2, 0.25) is 5.82 Å². The lowest BCUT2D eigenvalue weighted by Gasteiger charge is -2.18. The fraction of sp³-hybridized carbons (Fsp3) is 0.167. The van der Waals surface area contributed by atoms with Gasteiger partial charge in [-0.2, -0.15) is 4.98 Å². The average Bonchev–Trinajstić information content (AvgIpc) is 3.50. The molecule has 5 rings (SSSR count). The van der Waals surface area contributed by atoms with E-state index in [-0.39, 0.29) is 12.0 Å². The van der Waals surface area contributed by atoms with E-state index < -0.39 is 0 Å². The molecule has 0 radical (unpaired) electrons. The number of carbonyl (C=O) groups is 1. The minimum Gasteiger partial charge on any atom is -0.488 e. The molecule has 1 amide bonds. The third kappa shape index (κ3) is 4.02. The predicted molar refractivity (Wildman–Crippen MR) is 114 cm³/mol. The molecule has 3 heterocycles. The van der Waals surface area contributed by atoms with Crippen LogP contribution >= 0.6 is 0 Å². The molecule has 1 saturated heterocycles. The van der Waals surface area contributed by atoms with Crippen molar-refractivity contribution in [1.82, 2.24) is 20.0 Å². The minimum absolute atomic E-state index is 0.00816. The Labute approximate surface area is 179 Å². The quantitative estimate of drug-likeness (QED) is 0.491. The molecule has 0 N–H and O–H groups in total. The molecule has 1 unspecified atom stereocenters. The van der Waals surface area contributed by atoms with Gasteiger partial charge in [0.25, 0.3) is 11.8 Å². The SMILES string of the molecule is O=C(c1ccncc1)N1CCC(Oc2ccccc2-c2nc(-c3ccccc3)no2)C1. The minimum atomic E-state index is -0.108. The molecule has 0 spiro atoms.